The summed E-state index contributed by atoms with van der Waals surface area (Å²) in [5, 5.41) is 18.8. The van der Waals surface area contributed by atoms with Crippen molar-refractivity contribution in [3.63, 3.8) is 0 Å². The largest absolute Gasteiger partial charge is 0.490 e. The van der Waals surface area contributed by atoms with Crippen molar-refractivity contribution in [1.82, 2.24) is 4.98 Å². The Balaban J connectivity index is 2.47. The first-order chi connectivity index (χ1) is 10.1. The van der Waals surface area contributed by atoms with Crippen molar-refractivity contribution in [2.24, 2.45) is 0 Å². The summed E-state index contributed by atoms with van der Waals surface area (Å²) in [5.74, 6) is 0.284. The van der Waals surface area contributed by atoms with Crippen LogP contribution in [0.2, 0.25) is 0 Å². The van der Waals surface area contributed by atoms with Crippen molar-refractivity contribution in [2.75, 3.05) is 11.4 Å². The Hall–Kier alpha value is -1.80. The molecule has 7 nitrogen and oxygen atoms in total. The third-order valence-electron chi connectivity index (χ3n) is 3.23. The lowest BCUT2D eigenvalue weighted by molar-refractivity contribution is 0.0549. The SMILES string of the molecule is Cc1c(B(O)O)cnc2c1N(C(=O)OC(C)(C)C)CC(C)O2. The molecule has 0 bridgehead atoms. The molecule has 0 spiro atoms. The highest BCUT2D eigenvalue weighted by Gasteiger charge is 2.35. The summed E-state index contributed by atoms with van der Waals surface area (Å²) in [5.41, 5.74) is 0.537. The number of ether oxygens (including phenoxy) is 2. The van der Waals surface area contributed by atoms with E-state index in [-0.39, 0.29) is 17.4 Å². The van der Waals surface area contributed by atoms with Gasteiger partial charge in [-0.15, -0.1) is 0 Å². The van der Waals surface area contributed by atoms with E-state index >= 15 is 0 Å². The van der Waals surface area contributed by atoms with E-state index < -0.39 is 18.8 Å². The first kappa shape index (κ1) is 16.6. The second-order valence-corrected chi connectivity index (χ2v) is 6.39. The summed E-state index contributed by atoms with van der Waals surface area (Å²) in [6.07, 6.45) is 0.583. The first-order valence-electron chi connectivity index (χ1n) is 7.13. The predicted molar refractivity (Wildman–Crippen MR) is 82.5 cm³/mol. The molecule has 8 heteroatoms. The van der Waals surface area contributed by atoms with Gasteiger partial charge in [-0.25, -0.2) is 9.78 Å². The van der Waals surface area contributed by atoms with E-state index in [1.807, 2.05) is 6.92 Å². The maximum Gasteiger partial charge on any atom is 0.490 e. The molecule has 120 valence electrons. The Labute approximate surface area is 130 Å². The standard InChI is InChI=1S/C14H21BN2O5/c1-8-7-17(13(18)22-14(3,4)5)11-9(2)10(15(19)20)6-16-12(11)21-8/h6,8,19-20H,7H2,1-5H3. The van der Waals surface area contributed by atoms with E-state index in [2.05, 4.69) is 4.98 Å². The molecule has 1 aromatic rings. The maximum atomic E-state index is 12.5. The van der Waals surface area contributed by atoms with Crippen molar-refractivity contribution in [3.8, 4) is 5.88 Å². The molecule has 0 fully saturated rings. The minimum Gasteiger partial charge on any atom is -0.471 e. The fourth-order valence-corrected chi connectivity index (χ4v) is 2.31. The molecular weight excluding hydrogens is 287 g/mol. The molecule has 2 N–H and O–H groups in total. The predicted octanol–water partition coefficient (Wildman–Crippen LogP) is 0.592. The minimum absolute atomic E-state index is 0.227. The third kappa shape index (κ3) is 3.33. The third-order valence-corrected chi connectivity index (χ3v) is 3.23. The Morgan fingerprint density at radius 2 is 2.14 bits per heavy atom. The van der Waals surface area contributed by atoms with E-state index in [4.69, 9.17) is 9.47 Å². The number of anilines is 1. The number of nitrogens with zero attached hydrogens (tertiary/aromatic N) is 2. The molecule has 0 aromatic carbocycles. The molecule has 0 saturated carbocycles. The second-order valence-electron chi connectivity index (χ2n) is 6.39. The van der Waals surface area contributed by atoms with Crippen LogP contribution in [0.5, 0.6) is 5.88 Å². The monoisotopic (exact) mass is 308 g/mol. The normalized spacial score (nSPS) is 17.6. The van der Waals surface area contributed by atoms with Crippen LogP contribution in [0.15, 0.2) is 6.20 Å². The first-order valence-corrected chi connectivity index (χ1v) is 7.13. The molecule has 1 unspecified atom stereocenters. The Morgan fingerprint density at radius 1 is 1.50 bits per heavy atom. The van der Waals surface area contributed by atoms with Gasteiger partial charge in [0.2, 0.25) is 5.88 Å². The van der Waals surface area contributed by atoms with Crippen LogP contribution < -0.4 is 15.1 Å². The van der Waals surface area contributed by atoms with Gasteiger partial charge in [-0.3, -0.25) is 4.90 Å². The van der Waals surface area contributed by atoms with Crippen molar-refractivity contribution in [1.29, 1.82) is 0 Å². The summed E-state index contributed by atoms with van der Waals surface area (Å²) in [7, 11) is -1.67. The molecule has 22 heavy (non-hydrogen) atoms. The Kier molecular flexibility index (Phi) is 4.35. The number of carbonyl (C=O) groups excluding carboxylic acids is 1. The van der Waals surface area contributed by atoms with Gasteiger partial charge in [-0.05, 0) is 40.2 Å². The van der Waals surface area contributed by atoms with E-state index in [1.165, 1.54) is 11.1 Å². The average Bonchev–Trinajstić information content (AvgIpc) is 2.35. The number of hydrogen-bond donors (Lipinski definition) is 2. The van der Waals surface area contributed by atoms with Crippen LogP contribution in [0.3, 0.4) is 0 Å². The molecule has 2 rings (SSSR count). The van der Waals surface area contributed by atoms with Crippen LogP contribution in [0, 0.1) is 6.92 Å². The highest BCUT2D eigenvalue weighted by molar-refractivity contribution is 6.59. The number of hydrogen-bond acceptors (Lipinski definition) is 6. The highest BCUT2D eigenvalue weighted by atomic mass is 16.6. The van der Waals surface area contributed by atoms with Crippen molar-refractivity contribution in [3.05, 3.63) is 11.8 Å². The molecule has 0 radical (unpaired) electrons. The van der Waals surface area contributed by atoms with Gasteiger partial charge in [-0.2, -0.15) is 0 Å². The van der Waals surface area contributed by atoms with Crippen molar-refractivity contribution < 1.29 is 24.3 Å². The van der Waals surface area contributed by atoms with E-state index in [9.17, 15) is 14.8 Å². The minimum atomic E-state index is -1.67. The number of aromatic nitrogens is 1. The summed E-state index contributed by atoms with van der Waals surface area (Å²) >= 11 is 0. The Morgan fingerprint density at radius 3 is 2.68 bits per heavy atom. The lowest BCUT2D eigenvalue weighted by Gasteiger charge is -2.35. The number of carbonyl (C=O) groups is 1. The van der Waals surface area contributed by atoms with Gasteiger partial charge >= 0.3 is 13.2 Å². The number of rotatable bonds is 1. The van der Waals surface area contributed by atoms with Crippen molar-refractivity contribution >= 4 is 24.4 Å². The fraction of sp³-hybridized carbons (Fsp3) is 0.571. The van der Waals surface area contributed by atoms with Crippen LogP contribution >= 0.6 is 0 Å². The smallest absolute Gasteiger partial charge is 0.471 e. The summed E-state index contributed by atoms with van der Waals surface area (Å²) in [4.78, 5) is 18.0. The Bertz CT molecular complexity index is 585. The lowest BCUT2D eigenvalue weighted by Crippen LogP contribution is -2.47. The molecule has 1 aromatic heterocycles. The number of pyridine rings is 1. The van der Waals surface area contributed by atoms with Gasteiger partial charge in [-0.1, -0.05) is 0 Å². The molecule has 1 aliphatic heterocycles. The number of amides is 1. The fourth-order valence-electron chi connectivity index (χ4n) is 2.31. The van der Waals surface area contributed by atoms with Crippen LogP contribution in [0.4, 0.5) is 10.5 Å². The average molecular weight is 308 g/mol. The van der Waals surface area contributed by atoms with Gasteiger partial charge < -0.3 is 19.5 Å². The zero-order valence-corrected chi connectivity index (χ0v) is 13.5. The van der Waals surface area contributed by atoms with Crippen LogP contribution in [0.25, 0.3) is 0 Å². The quantitative estimate of drug-likeness (QED) is 0.738. The van der Waals surface area contributed by atoms with Gasteiger partial charge in [0.05, 0.1) is 6.54 Å². The highest BCUT2D eigenvalue weighted by Crippen LogP contribution is 2.34. The van der Waals surface area contributed by atoms with Gasteiger partial charge in [0.25, 0.3) is 0 Å². The zero-order valence-electron chi connectivity index (χ0n) is 13.5. The molecule has 1 atom stereocenters. The number of fused-ring (bicyclic) bond motifs is 1. The molecule has 1 aliphatic rings. The van der Waals surface area contributed by atoms with Crippen molar-refractivity contribution in [2.45, 2.75) is 46.3 Å². The lowest BCUT2D eigenvalue weighted by atomic mass is 9.78. The second kappa shape index (κ2) is 5.77. The van der Waals surface area contributed by atoms with E-state index in [1.54, 1.807) is 27.7 Å². The van der Waals surface area contributed by atoms with Gasteiger partial charge in [0, 0.05) is 11.7 Å². The molecule has 2 heterocycles. The topological polar surface area (TPSA) is 92.1 Å². The molecular formula is C14H21BN2O5. The van der Waals surface area contributed by atoms with E-state index in [0.29, 0.717) is 17.8 Å². The van der Waals surface area contributed by atoms with Crippen LogP contribution in [0.1, 0.15) is 33.3 Å². The van der Waals surface area contributed by atoms with Gasteiger partial charge in [0.1, 0.15) is 17.4 Å². The molecule has 1 amide bonds. The summed E-state index contributed by atoms with van der Waals surface area (Å²) in [6.45, 7) is 9.17. The van der Waals surface area contributed by atoms with Crippen LogP contribution in [-0.4, -0.2) is 46.5 Å². The molecule has 0 saturated heterocycles. The van der Waals surface area contributed by atoms with E-state index in [0.717, 1.165) is 0 Å². The zero-order chi connectivity index (χ0) is 16.7. The summed E-state index contributed by atoms with van der Waals surface area (Å²) in [6, 6.07) is 0. The van der Waals surface area contributed by atoms with Crippen LogP contribution in [-0.2, 0) is 4.74 Å². The summed E-state index contributed by atoms with van der Waals surface area (Å²) < 4.78 is 11.1. The molecule has 0 aliphatic carbocycles. The maximum absolute atomic E-state index is 12.5. The van der Waals surface area contributed by atoms with Gasteiger partial charge in [0.15, 0.2) is 0 Å².